The summed E-state index contributed by atoms with van der Waals surface area (Å²) in [5, 5.41) is 20.1. The highest BCUT2D eigenvalue weighted by Gasteiger charge is 2.05. The third kappa shape index (κ3) is 2.77. The van der Waals surface area contributed by atoms with Crippen molar-refractivity contribution in [2.75, 3.05) is 0 Å². The number of hydrogen-bond acceptors (Lipinski definition) is 5. The maximum atomic E-state index is 10.7. The molecule has 7 nitrogen and oxygen atoms in total. The van der Waals surface area contributed by atoms with Crippen molar-refractivity contribution in [3.05, 3.63) is 35.7 Å². The molecule has 2 aromatic rings. The summed E-state index contributed by atoms with van der Waals surface area (Å²) in [6.07, 6.45) is 0. The molecule has 0 saturated heterocycles. The molecule has 0 aliphatic heterocycles. The van der Waals surface area contributed by atoms with Gasteiger partial charge in [0.05, 0.1) is 12.6 Å². The Morgan fingerprint density at radius 3 is 3.00 bits per heavy atom. The molecule has 0 spiro atoms. The molecule has 1 N–H and O–H groups in total. The average Bonchev–Trinajstić information content (AvgIpc) is 2.73. The van der Waals surface area contributed by atoms with Crippen LogP contribution in [-0.4, -0.2) is 31.3 Å². The Morgan fingerprint density at radius 1 is 1.53 bits per heavy atom. The normalized spacial score (nSPS) is 10.2. The van der Waals surface area contributed by atoms with E-state index in [0.29, 0.717) is 11.6 Å². The van der Waals surface area contributed by atoms with E-state index in [-0.39, 0.29) is 12.2 Å². The van der Waals surface area contributed by atoms with Crippen LogP contribution in [-0.2, 0) is 13.7 Å². The van der Waals surface area contributed by atoms with Gasteiger partial charge in [-0.1, -0.05) is 6.07 Å². The number of nitrogens with zero attached hydrogens (tertiary/aromatic N) is 4. The molecule has 0 saturated carbocycles. The lowest BCUT2D eigenvalue weighted by Gasteiger charge is -2.03. The largest absolute Gasteiger partial charge is 0.485 e. The summed E-state index contributed by atoms with van der Waals surface area (Å²) in [6.45, 7) is 0.150. The number of tetrazole rings is 1. The quantitative estimate of drug-likeness (QED) is 0.827. The van der Waals surface area contributed by atoms with Crippen LogP contribution in [0.25, 0.3) is 0 Å². The molecular formula is C10H10N4O3. The van der Waals surface area contributed by atoms with Crippen molar-refractivity contribution in [2.24, 2.45) is 7.05 Å². The van der Waals surface area contributed by atoms with E-state index in [0.717, 1.165) is 0 Å². The topological polar surface area (TPSA) is 90.1 Å². The molecule has 88 valence electrons. The van der Waals surface area contributed by atoms with Gasteiger partial charge in [0.25, 0.3) is 0 Å². The van der Waals surface area contributed by atoms with Crippen molar-refractivity contribution >= 4 is 5.97 Å². The first-order chi connectivity index (χ1) is 8.15. The summed E-state index contributed by atoms with van der Waals surface area (Å²) >= 11 is 0. The number of aromatic nitrogens is 4. The van der Waals surface area contributed by atoms with Gasteiger partial charge in [0.1, 0.15) is 5.75 Å². The lowest BCUT2D eigenvalue weighted by molar-refractivity contribution is 0.0696. The van der Waals surface area contributed by atoms with E-state index in [4.69, 9.17) is 9.84 Å². The van der Waals surface area contributed by atoms with Gasteiger partial charge in [-0.25, -0.2) is 4.79 Å². The van der Waals surface area contributed by atoms with Crippen molar-refractivity contribution in [3.8, 4) is 5.75 Å². The molecule has 0 fully saturated rings. The van der Waals surface area contributed by atoms with E-state index in [1.54, 1.807) is 19.2 Å². The molecule has 0 aliphatic rings. The van der Waals surface area contributed by atoms with Gasteiger partial charge in [-0.15, -0.1) is 10.2 Å². The van der Waals surface area contributed by atoms with Gasteiger partial charge in [-0.2, -0.15) is 4.80 Å². The fraction of sp³-hybridized carbons (Fsp3) is 0.200. The predicted molar refractivity (Wildman–Crippen MR) is 56.5 cm³/mol. The number of carboxylic acid groups (broad SMARTS) is 1. The van der Waals surface area contributed by atoms with Crippen LogP contribution >= 0.6 is 0 Å². The van der Waals surface area contributed by atoms with Crippen LogP contribution in [0.3, 0.4) is 0 Å². The van der Waals surface area contributed by atoms with E-state index in [9.17, 15) is 4.79 Å². The van der Waals surface area contributed by atoms with E-state index in [2.05, 4.69) is 15.4 Å². The Kier molecular flexibility index (Phi) is 2.99. The number of carbonyl (C=O) groups is 1. The van der Waals surface area contributed by atoms with Crippen LogP contribution in [0.1, 0.15) is 16.2 Å². The van der Waals surface area contributed by atoms with Gasteiger partial charge in [-0.05, 0) is 23.4 Å². The molecule has 0 amide bonds. The highest BCUT2D eigenvalue weighted by molar-refractivity contribution is 5.87. The fourth-order valence-electron chi connectivity index (χ4n) is 1.25. The number of aromatic carboxylic acids is 1. The summed E-state index contributed by atoms with van der Waals surface area (Å²) in [5.41, 5.74) is 0.176. The maximum absolute atomic E-state index is 10.7. The number of ether oxygens (including phenoxy) is 1. The lowest BCUT2D eigenvalue weighted by atomic mass is 10.2. The number of hydrogen-bond donors (Lipinski definition) is 1. The zero-order valence-corrected chi connectivity index (χ0v) is 9.07. The Bertz CT molecular complexity index is 538. The summed E-state index contributed by atoms with van der Waals surface area (Å²) in [5.74, 6) is -0.0985. The molecule has 0 radical (unpaired) electrons. The van der Waals surface area contributed by atoms with Gasteiger partial charge < -0.3 is 9.84 Å². The van der Waals surface area contributed by atoms with Crippen molar-refractivity contribution < 1.29 is 14.6 Å². The molecular weight excluding hydrogens is 224 g/mol. The Hall–Kier alpha value is -2.44. The molecule has 0 aliphatic carbocycles. The molecule has 0 atom stereocenters. The molecule has 1 heterocycles. The monoisotopic (exact) mass is 234 g/mol. The number of benzene rings is 1. The Balaban J connectivity index is 2.04. The first-order valence-electron chi connectivity index (χ1n) is 4.84. The highest BCUT2D eigenvalue weighted by atomic mass is 16.5. The first kappa shape index (κ1) is 11.1. The van der Waals surface area contributed by atoms with Crippen molar-refractivity contribution in [1.82, 2.24) is 20.2 Å². The molecule has 1 aromatic heterocycles. The second kappa shape index (κ2) is 4.60. The zero-order chi connectivity index (χ0) is 12.3. The molecule has 0 unspecified atom stereocenters. The van der Waals surface area contributed by atoms with Gasteiger partial charge in [0.2, 0.25) is 5.82 Å². The minimum absolute atomic E-state index is 0.150. The highest BCUT2D eigenvalue weighted by Crippen LogP contribution is 2.14. The number of aryl methyl sites for hydroxylation is 1. The average molecular weight is 234 g/mol. The van der Waals surface area contributed by atoms with Gasteiger partial charge in [-0.3, -0.25) is 0 Å². The van der Waals surface area contributed by atoms with E-state index in [1.807, 2.05) is 0 Å². The van der Waals surface area contributed by atoms with Crippen molar-refractivity contribution in [2.45, 2.75) is 6.61 Å². The molecule has 0 bridgehead atoms. The molecule has 2 rings (SSSR count). The lowest BCUT2D eigenvalue weighted by Crippen LogP contribution is -2.01. The minimum atomic E-state index is -0.993. The summed E-state index contributed by atoms with van der Waals surface area (Å²) in [6, 6.07) is 6.22. The molecule has 7 heteroatoms. The van der Waals surface area contributed by atoms with Crippen molar-refractivity contribution in [3.63, 3.8) is 0 Å². The van der Waals surface area contributed by atoms with Crippen LogP contribution in [0.5, 0.6) is 5.75 Å². The predicted octanol–water partition coefficient (Wildman–Crippen LogP) is 0.487. The van der Waals surface area contributed by atoms with Gasteiger partial charge in [0, 0.05) is 0 Å². The maximum Gasteiger partial charge on any atom is 0.335 e. The fourth-order valence-corrected chi connectivity index (χ4v) is 1.25. The third-order valence-corrected chi connectivity index (χ3v) is 2.00. The summed E-state index contributed by atoms with van der Waals surface area (Å²) in [7, 11) is 1.65. The second-order valence-electron chi connectivity index (χ2n) is 3.32. The smallest absolute Gasteiger partial charge is 0.335 e. The second-order valence-corrected chi connectivity index (χ2v) is 3.32. The van der Waals surface area contributed by atoms with Crippen LogP contribution in [0.2, 0.25) is 0 Å². The van der Waals surface area contributed by atoms with Crippen molar-refractivity contribution in [1.29, 1.82) is 0 Å². The number of rotatable bonds is 4. The van der Waals surface area contributed by atoms with Crippen LogP contribution < -0.4 is 4.74 Å². The van der Waals surface area contributed by atoms with Crippen LogP contribution in [0, 0.1) is 0 Å². The zero-order valence-electron chi connectivity index (χ0n) is 9.07. The summed E-state index contributed by atoms with van der Waals surface area (Å²) in [4.78, 5) is 12.1. The third-order valence-electron chi connectivity index (χ3n) is 2.00. The van der Waals surface area contributed by atoms with E-state index >= 15 is 0 Å². The Morgan fingerprint density at radius 2 is 2.35 bits per heavy atom. The Labute approximate surface area is 96.6 Å². The van der Waals surface area contributed by atoms with E-state index in [1.165, 1.54) is 16.9 Å². The molecule has 17 heavy (non-hydrogen) atoms. The van der Waals surface area contributed by atoms with Gasteiger partial charge in [0.15, 0.2) is 6.61 Å². The summed E-state index contributed by atoms with van der Waals surface area (Å²) < 4.78 is 5.35. The SMILES string of the molecule is Cn1nnc(COc2cccc(C(=O)O)c2)n1. The number of carboxylic acids is 1. The standard InChI is InChI=1S/C10H10N4O3/c1-14-12-9(11-13-14)6-17-8-4-2-3-7(5-8)10(15)16/h2-5H,6H2,1H3,(H,15,16). The van der Waals surface area contributed by atoms with Gasteiger partial charge >= 0.3 is 5.97 Å². The first-order valence-corrected chi connectivity index (χ1v) is 4.84. The van der Waals surface area contributed by atoms with E-state index < -0.39 is 5.97 Å². The molecule has 1 aromatic carbocycles. The van der Waals surface area contributed by atoms with Crippen LogP contribution in [0.4, 0.5) is 0 Å². The van der Waals surface area contributed by atoms with Crippen LogP contribution in [0.15, 0.2) is 24.3 Å². The minimum Gasteiger partial charge on any atom is -0.485 e.